The Morgan fingerprint density at radius 1 is 0.474 bits per heavy atom. The Labute approximate surface area is 354 Å². The number of nitrogens with one attached hydrogen (secondary N) is 1. The summed E-state index contributed by atoms with van der Waals surface area (Å²) in [6.07, 6.45) is 54.6. The maximum absolute atomic E-state index is 12.4. The standard InChI is InChI=1S/C51H97NO5/c1-3-5-7-9-11-13-23-27-31-35-39-43-49(54)48(47-53)52-50(55)44-40-36-32-28-25-21-19-17-15-16-18-20-22-26-30-34-38-42-46-57-51(56)45-41-37-33-29-24-14-12-10-8-6-4-2/h10,12,39,43,48-49,53-54H,3-9,11,13-38,40-42,44-47H2,1-2H3,(H,52,55)/b12-10-,43-39+. The van der Waals surface area contributed by atoms with Crippen molar-refractivity contribution in [1.82, 2.24) is 5.32 Å². The van der Waals surface area contributed by atoms with Crippen molar-refractivity contribution in [1.29, 1.82) is 0 Å². The van der Waals surface area contributed by atoms with Gasteiger partial charge in [0.05, 0.1) is 25.4 Å². The van der Waals surface area contributed by atoms with Crippen LogP contribution in [0.3, 0.4) is 0 Å². The summed E-state index contributed by atoms with van der Waals surface area (Å²) in [6, 6.07) is -0.629. The third kappa shape index (κ3) is 43.7. The van der Waals surface area contributed by atoms with Gasteiger partial charge in [-0.2, -0.15) is 0 Å². The van der Waals surface area contributed by atoms with Crippen LogP contribution in [0.5, 0.6) is 0 Å². The van der Waals surface area contributed by atoms with Crippen LogP contribution in [0.1, 0.15) is 264 Å². The van der Waals surface area contributed by atoms with E-state index in [1.165, 1.54) is 193 Å². The van der Waals surface area contributed by atoms with E-state index in [9.17, 15) is 19.8 Å². The fraction of sp³-hybridized carbons (Fsp3) is 0.882. The van der Waals surface area contributed by atoms with Gasteiger partial charge in [0.2, 0.25) is 5.91 Å². The number of aliphatic hydroxyl groups excluding tert-OH is 2. The molecule has 0 aliphatic heterocycles. The van der Waals surface area contributed by atoms with Gasteiger partial charge in [0.25, 0.3) is 0 Å². The molecule has 0 heterocycles. The van der Waals surface area contributed by atoms with Crippen LogP contribution in [0, 0.1) is 0 Å². The molecule has 0 aliphatic carbocycles. The highest BCUT2D eigenvalue weighted by Crippen LogP contribution is 2.16. The lowest BCUT2D eigenvalue weighted by atomic mass is 10.0. The molecular formula is C51H97NO5. The Balaban J connectivity index is 3.43. The number of aliphatic hydroxyl groups is 2. The largest absolute Gasteiger partial charge is 0.466 e. The Morgan fingerprint density at radius 2 is 0.842 bits per heavy atom. The molecule has 0 aromatic rings. The number of rotatable bonds is 46. The number of hydrogen-bond donors (Lipinski definition) is 3. The lowest BCUT2D eigenvalue weighted by Crippen LogP contribution is -2.45. The predicted molar refractivity (Wildman–Crippen MR) is 246 cm³/mol. The van der Waals surface area contributed by atoms with E-state index in [1.54, 1.807) is 6.08 Å². The van der Waals surface area contributed by atoms with Crippen LogP contribution in [0.15, 0.2) is 24.3 Å². The molecule has 6 nitrogen and oxygen atoms in total. The molecule has 0 radical (unpaired) electrons. The van der Waals surface area contributed by atoms with E-state index in [4.69, 9.17) is 4.74 Å². The minimum Gasteiger partial charge on any atom is -0.466 e. The maximum atomic E-state index is 12.4. The number of allylic oxidation sites excluding steroid dienone is 3. The van der Waals surface area contributed by atoms with E-state index in [-0.39, 0.29) is 18.5 Å². The van der Waals surface area contributed by atoms with Gasteiger partial charge < -0.3 is 20.3 Å². The third-order valence-electron chi connectivity index (χ3n) is 11.5. The monoisotopic (exact) mass is 804 g/mol. The molecule has 3 N–H and O–H groups in total. The van der Waals surface area contributed by atoms with Crippen LogP contribution in [0.2, 0.25) is 0 Å². The van der Waals surface area contributed by atoms with Crippen LogP contribution >= 0.6 is 0 Å². The molecule has 57 heavy (non-hydrogen) atoms. The van der Waals surface area contributed by atoms with Gasteiger partial charge in [-0.15, -0.1) is 0 Å². The second kappa shape index (κ2) is 47.0. The summed E-state index contributed by atoms with van der Waals surface area (Å²) in [5.41, 5.74) is 0. The predicted octanol–water partition coefficient (Wildman–Crippen LogP) is 14.7. The van der Waals surface area contributed by atoms with Gasteiger partial charge in [-0.1, -0.05) is 224 Å². The number of hydrogen-bond acceptors (Lipinski definition) is 5. The van der Waals surface area contributed by atoms with E-state index >= 15 is 0 Å². The smallest absolute Gasteiger partial charge is 0.305 e. The first kappa shape index (κ1) is 55.3. The topological polar surface area (TPSA) is 95.9 Å². The first-order valence-corrected chi connectivity index (χ1v) is 25.1. The van der Waals surface area contributed by atoms with Crippen molar-refractivity contribution >= 4 is 11.9 Å². The zero-order chi connectivity index (χ0) is 41.5. The van der Waals surface area contributed by atoms with Crippen molar-refractivity contribution in [3.8, 4) is 0 Å². The molecule has 0 saturated heterocycles. The minimum atomic E-state index is -0.845. The van der Waals surface area contributed by atoms with Crippen molar-refractivity contribution in [2.75, 3.05) is 13.2 Å². The first-order chi connectivity index (χ1) is 28.0. The fourth-order valence-corrected chi connectivity index (χ4v) is 7.55. The summed E-state index contributed by atoms with van der Waals surface area (Å²) < 4.78 is 5.44. The average Bonchev–Trinajstić information content (AvgIpc) is 3.21. The van der Waals surface area contributed by atoms with Gasteiger partial charge >= 0.3 is 5.97 Å². The highest BCUT2D eigenvalue weighted by molar-refractivity contribution is 5.76. The molecule has 0 aliphatic rings. The molecule has 6 heteroatoms. The zero-order valence-corrected chi connectivity index (χ0v) is 38.1. The fourth-order valence-electron chi connectivity index (χ4n) is 7.55. The second-order valence-corrected chi connectivity index (χ2v) is 17.1. The number of carbonyl (C=O) groups is 2. The molecule has 336 valence electrons. The summed E-state index contributed by atoms with van der Waals surface area (Å²) in [5, 5.41) is 23.0. The Hall–Kier alpha value is -1.66. The van der Waals surface area contributed by atoms with Crippen molar-refractivity contribution in [3.63, 3.8) is 0 Å². The van der Waals surface area contributed by atoms with Crippen LogP contribution in [0.25, 0.3) is 0 Å². The molecule has 0 fully saturated rings. The second-order valence-electron chi connectivity index (χ2n) is 17.1. The van der Waals surface area contributed by atoms with Gasteiger partial charge in [0.1, 0.15) is 0 Å². The molecule has 0 aromatic heterocycles. The average molecular weight is 804 g/mol. The number of unbranched alkanes of at least 4 members (excludes halogenated alkanes) is 33. The van der Waals surface area contributed by atoms with Gasteiger partial charge in [-0.25, -0.2) is 0 Å². The third-order valence-corrected chi connectivity index (χ3v) is 11.5. The van der Waals surface area contributed by atoms with E-state index in [0.717, 1.165) is 44.9 Å². The molecule has 0 aromatic carbocycles. The summed E-state index contributed by atoms with van der Waals surface area (Å²) in [4.78, 5) is 24.3. The number of esters is 1. The Morgan fingerprint density at radius 3 is 1.30 bits per heavy atom. The first-order valence-electron chi connectivity index (χ1n) is 25.1. The van der Waals surface area contributed by atoms with Crippen molar-refractivity contribution < 1.29 is 24.5 Å². The van der Waals surface area contributed by atoms with Crippen LogP contribution in [0.4, 0.5) is 0 Å². The lowest BCUT2D eigenvalue weighted by molar-refractivity contribution is -0.143. The van der Waals surface area contributed by atoms with E-state index < -0.39 is 12.1 Å². The highest BCUT2D eigenvalue weighted by atomic mass is 16.5. The molecule has 1 amide bonds. The maximum Gasteiger partial charge on any atom is 0.305 e. The number of amides is 1. The molecule has 0 saturated carbocycles. The highest BCUT2D eigenvalue weighted by Gasteiger charge is 2.18. The van der Waals surface area contributed by atoms with E-state index in [1.807, 2.05) is 6.08 Å². The molecular weight excluding hydrogens is 707 g/mol. The van der Waals surface area contributed by atoms with Crippen molar-refractivity contribution in [2.24, 2.45) is 0 Å². The Kier molecular flexibility index (Phi) is 45.7. The SMILES string of the molecule is CCCC/C=C\CCCCCCCC(=O)OCCCCCCCCCCCCCCCCCCCCC(=O)NC(CO)C(O)/C=C/CCCCCCCCCCC. The quantitative estimate of drug-likeness (QED) is 0.0324. The van der Waals surface area contributed by atoms with E-state index in [0.29, 0.717) is 19.4 Å². The molecule has 2 unspecified atom stereocenters. The summed E-state index contributed by atoms with van der Waals surface area (Å²) in [5.74, 6) is -0.0790. The zero-order valence-electron chi connectivity index (χ0n) is 38.1. The van der Waals surface area contributed by atoms with Crippen molar-refractivity contribution in [2.45, 2.75) is 276 Å². The normalized spacial score (nSPS) is 12.8. The summed E-state index contributed by atoms with van der Waals surface area (Å²) in [7, 11) is 0. The van der Waals surface area contributed by atoms with Gasteiger partial charge in [0, 0.05) is 12.8 Å². The van der Waals surface area contributed by atoms with Crippen molar-refractivity contribution in [3.05, 3.63) is 24.3 Å². The number of ether oxygens (including phenoxy) is 1. The van der Waals surface area contributed by atoms with E-state index in [2.05, 4.69) is 31.3 Å². The summed E-state index contributed by atoms with van der Waals surface area (Å²) >= 11 is 0. The molecule has 0 rings (SSSR count). The molecule has 2 atom stereocenters. The number of carbonyl (C=O) groups excluding carboxylic acids is 2. The van der Waals surface area contributed by atoms with Gasteiger partial charge in [-0.05, 0) is 51.4 Å². The molecule has 0 spiro atoms. The summed E-state index contributed by atoms with van der Waals surface area (Å²) in [6.45, 7) is 4.84. The lowest BCUT2D eigenvalue weighted by Gasteiger charge is -2.20. The molecule has 0 bridgehead atoms. The van der Waals surface area contributed by atoms with Gasteiger partial charge in [0.15, 0.2) is 0 Å². The Bertz CT molecular complexity index is 889. The van der Waals surface area contributed by atoms with Crippen LogP contribution in [-0.2, 0) is 14.3 Å². The minimum absolute atomic E-state index is 0.00521. The van der Waals surface area contributed by atoms with Gasteiger partial charge in [-0.3, -0.25) is 9.59 Å². The van der Waals surface area contributed by atoms with Crippen LogP contribution < -0.4 is 5.32 Å². The van der Waals surface area contributed by atoms with Crippen LogP contribution in [-0.4, -0.2) is 47.4 Å².